The van der Waals surface area contributed by atoms with E-state index in [4.69, 9.17) is 4.74 Å². The fourth-order valence-electron chi connectivity index (χ4n) is 2.83. The number of hydrogen-bond donors (Lipinski definition) is 0. The summed E-state index contributed by atoms with van der Waals surface area (Å²) in [5.41, 5.74) is 1.50. The summed E-state index contributed by atoms with van der Waals surface area (Å²) < 4.78 is 28.7. The van der Waals surface area contributed by atoms with Crippen molar-refractivity contribution in [2.24, 2.45) is 0 Å². The van der Waals surface area contributed by atoms with E-state index in [0.717, 1.165) is 12.0 Å². The molecule has 22 heavy (non-hydrogen) atoms. The molecule has 1 aromatic carbocycles. The number of benzene rings is 1. The zero-order chi connectivity index (χ0) is 16.3. The van der Waals surface area contributed by atoms with Gasteiger partial charge in [-0.25, -0.2) is 8.42 Å². The minimum atomic E-state index is -3.01. The summed E-state index contributed by atoms with van der Waals surface area (Å²) in [6.07, 6.45) is 1.32. The monoisotopic (exact) mass is 325 g/mol. The number of sulfone groups is 1. The van der Waals surface area contributed by atoms with Crippen LogP contribution in [-0.4, -0.2) is 50.4 Å². The van der Waals surface area contributed by atoms with Crippen LogP contribution in [0.25, 0.3) is 0 Å². The second kappa shape index (κ2) is 6.69. The maximum atomic E-state index is 12.8. The Morgan fingerprint density at radius 1 is 1.41 bits per heavy atom. The molecule has 1 amide bonds. The molecule has 1 aliphatic rings. The first kappa shape index (κ1) is 16.8. The molecule has 1 aromatic rings. The molecule has 1 unspecified atom stereocenters. The third-order valence-electron chi connectivity index (χ3n) is 4.03. The predicted octanol–water partition coefficient (Wildman–Crippen LogP) is 2.04. The van der Waals surface area contributed by atoms with E-state index < -0.39 is 9.84 Å². The Labute approximate surface area is 132 Å². The highest BCUT2D eigenvalue weighted by atomic mass is 32.2. The maximum absolute atomic E-state index is 12.8. The molecule has 5 nitrogen and oxygen atoms in total. The molecular formula is C16H23NO4S. The number of rotatable bonds is 5. The quantitative estimate of drug-likeness (QED) is 0.831. The van der Waals surface area contributed by atoms with E-state index in [-0.39, 0.29) is 23.5 Å². The SMILES string of the molecule is CCCN(C(=O)c1ccc(C)c(OC)c1)C1CCS(=O)(=O)C1. The van der Waals surface area contributed by atoms with Crippen molar-refractivity contribution in [3.63, 3.8) is 0 Å². The summed E-state index contributed by atoms with van der Waals surface area (Å²) in [6, 6.07) is 5.13. The zero-order valence-corrected chi connectivity index (χ0v) is 14.1. The Bertz CT molecular complexity index is 654. The molecular weight excluding hydrogens is 302 g/mol. The molecule has 0 aliphatic carbocycles. The average molecular weight is 325 g/mol. The molecule has 0 bridgehead atoms. The van der Waals surface area contributed by atoms with E-state index in [2.05, 4.69) is 0 Å². The Morgan fingerprint density at radius 2 is 2.14 bits per heavy atom. The molecule has 0 N–H and O–H groups in total. The molecule has 0 saturated carbocycles. The molecule has 2 rings (SSSR count). The van der Waals surface area contributed by atoms with E-state index in [9.17, 15) is 13.2 Å². The highest BCUT2D eigenvalue weighted by Crippen LogP contribution is 2.23. The number of ether oxygens (including phenoxy) is 1. The molecule has 6 heteroatoms. The van der Waals surface area contributed by atoms with Gasteiger partial charge in [0.2, 0.25) is 0 Å². The van der Waals surface area contributed by atoms with Crippen LogP contribution in [0.4, 0.5) is 0 Å². The average Bonchev–Trinajstić information content (AvgIpc) is 2.84. The van der Waals surface area contributed by atoms with Gasteiger partial charge in [0.05, 0.1) is 18.6 Å². The highest BCUT2D eigenvalue weighted by molar-refractivity contribution is 7.91. The van der Waals surface area contributed by atoms with Gasteiger partial charge in [-0.1, -0.05) is 13.0 Å². The molecule has 1 aliphatic heterocycles. The van der Waals surface area contributed by atoms with Gasteiger partial charge in [0.1, 0.15) is 5.75 Å². The summed E-state index contributed by atoms with van der Waals surface area (Å²) in [7, 11) is -1.44. The van der Waals surface area contributed by atoms with Crippen molar-refractivity contribution >= 4 is 15.7 Å². The highest BCUT2D eigenvalue weighted by Gasteiger charge is 2.34. The lowest BCUT2D eigenvalue weighted by Gasteiger charge is -2.28. The van der Waals surface area contributed by atoms with Crippen molar-refractivity contribution < 1.29 is 17.9 Å². The van der Waals surface area contributed by atoms with Crippen LogP contribution in [0.3, 0.4) is 0 Å². The number of amides is 1. The van der Waals surface area contributed by atoms with Gasteiger partial charge in [0, 0.05) is 18.2 Å². The Balaban J connectivity index is 2.27. The van der Waals surface area contributed by atoms with Crippen LogP contribution in [0.1, 0.15) is 35.7 Å². The second-order valence-corrected chi connectivity index (χ2v) is 7.97. The number of hydrogen-bond acceptors (Lipinski definition) is 4. The summed E-state index contributed by atoms with van der Waals surface area (Å²) in [5, 5.41) is 0. The number of aryl methyl sites for hydroxylation is 1. The van der Waals surface area contributed by atoms with Gasteiger partial charge >= 0.3 is 0 Å². The Morgan fingerprint density at radius 3 is 2.68 bits per heavy atom. The van der Waals surface area contributed by atoms with Crippen LogP contribution in [-0.2, 0) is 9.84 Å². The standard InChI is InChI=1S/C16H23NO4S/c1-4-8-17(14-7-9-22(19,20)11-14)16(18)13-6-5-12(2)15(10-13)21-3/h5-6,10,14H,4,7-9,11H2,1-3H3. The number of methoxy groups -OCH3 is 1. The summed E-state index contributed by atoms with van der Waals surface area (Å²) in [4.78, 5) is 14.5. The number of carbonyl (C=O) groups excluding carboxylic acids is 1. The van der Waals surface area contributed by atoms with Crippen LogP contribution >= 0.6 is 0 Å². The van der Waals surface area contributed by atoms with Crippen LogP contribution in [0.2, 0.25) is 0 Å². The molecule has 1 fully saturated rings. The minimum absolute atomic E-state index is 0.0712. The van der Waals surface area contributed by atoms with Gasteiger partial charge in [-0.05, 0) is 37.5 Å². The van der Waals surface area contributed by atoms with Crippen molar-refractivity contribution in [3.8, 4) is 5.75 Å². The van der Waals surface area contributed by atoms with Gasteiger partial charge in [-0.3, -0.25) is 4.79 Å². The predicted molar refractivity (Wildman–Crippen MR) is 86.1 cm³/mol. The van der Waals surface area contributed by atoms with E-state index in [1.54, 1.807) is 24.1 Å². The van der Waals surface area contributed by atoms with E-state index >= 15 is 0 Å². The molecule has 1 saturated heterocycles. The van der Waals surface area contributed by atoms with Gasteiger partial charge < -0.3 is 9.64 Å². The summed E-state index contributed by atoms with van der Waals surface area (Å²) in [5.74, 6) is 0.785. The zero-order valence-electron chi connectivity index (χ0n) is 13.3. The molecule has 122 valence electrons. The van der Waals surface area contributed by atoms with Crippen molar-refractivity contribution in [2.75, 3.05) is 25.2 Å². The number of nitrogens with zero attached hydrogens (tertiary/aromatic N) is 1. The number of carbonyl (C=O) groups is 1. The second-order valence-electron chi connectivity index (χ2n) is 5.74. The lowest BCUT2D eigenvalue weighted by Crippen LogP contribution is -2.41. The van der Waals surface area contributed by atoms with Crippen LogP contribution in [0.5, 0.6) is 5.75 Å². The third kappa shape index (κ3) is 3.61. The van der Waals surface area contributed by atoms with E-state index in [1.165, 1.54) is 0 Å². The lowest BCUT2D eigenvalue weighted by atomic mass is 10.1. The van der Waals surface area contributed by atoms with E-state index in [0.29, 0.717) is 24.3 Å². The summed E-state index contributed by atoms with van der Waals surface area (Å²) in [6.45, 7) is 4.47. The van der Waals surface area contributed by atoms with Gasteiger partial charge in [-0.15, -0.1) is 0 Å². The van der Waals surface area contributed by atoms with Gasteiger partial charge in [-0.2, -0.15) is 0 Å². The molecule has 0 spiro atoms. The molecule has 1 heterocycles. The van der Waals surface area contributed by atoms with Crippen LogP contribution in [0.15, 0.2) is 18.2 Å². The molecule has 1 atom stereocenters. The lowest BCUT2D eigenvalue weighted by molar-refractivity contribution is 0.0696. The first-order chi connectivity index (χ1) is 10.4. The minimum Gasteiger partial charge on any atom is -0.496 e. The Hall–Kier alpha value is -1.56. The largest absolute Gasteiger partial charge is 0.496 e. The van der Waals surface area contributed by atoms with Crippen molar-refractivity contribution in [2.45, 2.75) is 32.7 Å². The fraction of sp³-hybridized carbons (Fsp3) is 0.562. The molecule has 0 aromatic heterocycles. The summed E-state index contributed by atoms with van der Waals surface area (Å²) >= 11 is 0. The first-order valence-corrected chi connectivity index (χ1v) is 9.36. The van der Waals surface area contributed by atoms with Gasteiger partial charge in [0.15, 0.2) is 9.84 Å². The first-order valence-electron chi connectivity index (χ1n) is 7.54. The maximum Gasteiger partial charge on any atom is 0.254 e. The molecule has 0 radical (unpaired) electrons. The van der Waals surface area contributed by atoms with Crippen molar-refractivity contribution in [1.29, 1.82) is 0 Å². The van der Waals surface area contributed by atoms with Crippen LogP contribution in [0, 0.1) is 6.92 Å². The third-order valence-corrected chi connectivity index (χ3v) is 5.78. The van der Waals surface area contributed by atoms with E-state index in [1.807, 2.05) is 19.9 Å². The van der Waals surface area contributed by atoms with Crippen LogP contribution < -0.4 is 4.74 Å². The normalized spacial score (nSPS) is 19.9. The Kier molecular flexibility index (Phi) is 5.11. The van der Waals surface area contributed by atoms with Gasteiger partial charge in [0.25, 0.3) is 5.91 Å². The van der Waals surface area contributed by atoms with Crippen molar-refractivity contribution in [1.82, 2.24) is 4.90 Å². The van der Waals surface area contributed by atoms with Crippen molar-refractivity contribution in [3.05, 3.63) is 29.3 Å². The fourth-order valence-corrected chi connectivity index (χ4v) is 4.56. The topological polar surface area (TPSA) is 63.7 Å². The smallest absolute Gasteiger partial charge is 0.254 e.